The molecule has 0 saturated carbocycles. The van der Waals surface area contributed by atoms with Crippen LogP contribution in [0.25, 0.3) is 0 Å². The number of hydrogen-bond acceptors (Lipinski definition) is 4. The topological polar surface area (TPSA) is 76.2 Å². The SMILES string of the molecule is CN1CC(=O)N2[C@@H](c3ccccc3)C(=O)N(Cc3ccc(F)cc3F)C[C@@H]2N1C(=O)NCc1ccccc1. The quantitative estimate of drug-likeness (QED) is 0.562. The number of rotatable bonds is 5. The number of benzene rings is 3. The van der Waals surface area contributed by atoms with Gasteiger partial charge < -0.3 is 15.1 Å². The molecule has 1 N–H and O–H groups in total. The summed E-state index contributed by atoms with van der Waals surface area (Å²) in [6.07, 6.45) is -0.844. The molecule has 2 saturated heterocycles. The second kappa shape index (κ2) is 10.6. The fraction of sp³-hybridized carbons (Fsp3) is 0.250. The summed E-state index contributed by atoms with van der Waals surface area (Å²) in [5.74, 6) is -2.20. The van der Waals surface area contributed by atoms with Gasteiger partial charge in [-0.3, -0.25) is 9.59 Å². The van der Waals surface area contributed by atoms with Crippen molar-refractivity contribution >= 4 is 17.8 Å². The number of fused-ring (bicyclic) bond motifs is 1. The van der Waals surface area contributed by atoms with E-state index < -0.39 is 35.8 Å². The average molecular weight is 520 g/mol. The molecule has 2 atom stereocenters. The van der Waals surface area contributed by atoms with E-state index in [1.165, 1.54) is 25.9 Å². The van der Waals surface area contributed by atoms with Crippen LogP contribution in [-0.4, -0.2) is 64.0 Å². The number of piperazine rings is 1. The maximum Gasteiger partial charge on any atom is 0.334 e. The predicted molar refractivity (Wildman–Crippen MR) is 135 cm³/mol. The van der Waals surface area contributed by atoms with Crippen LogP contribution in [0, 0.1) is 11.6 Å². The minimum absolute atomic E-state index is 0.0478. The number of nitrogens with zero attached hydrogens (tertiary/aromatic N) is 4. The smallest absolute Gasteiger partial charge is 0.333 e. The lowest BCUT2D eigenvalue weighted by Gasteiger charge is -2.54. The molecule has 2 aliphatic rings. The molecule has 3 aromatic carbocycles. The summed E-state index contributed by atoms with van der Waals surface area (Å²) in [6, 6.07) is 20.0. The molecule has 0 unspecified atom stereocenters. The number of hydrazine groups is 1. The van der Waals surface area contributed by atoms with Crippen molar-refractivity contribution in [1.82, 2.24) is 25.1 Å². The lowest BCUT2D eigenvalue weighted by atomic mass is 9.98. The van der Waals surface area contributed by atoms with E-state index in [0.717, 1.165) is 17.7 Å². The zero-order valence-electron chi connectivity index (χ0n) is 20.8. The maximum absolute atomic E-state index is 14.6. The van der Waals surface area contributed by atoms with E-state index in [1.54, 1.807) is 37.4 Å². The zero-order valence-corrected chi connectivity index (χ0v) is 20.8. The van der Waals surface area contributed by atoms with Crippen molar-refractivity contribution in [2.24, 2.45) is 0 Å². The number of hydrogen-bond donors (Lipinski definition) is 1. The molecular weight excluding hydrogens is 492 g/mol. The molecule has 38 heavy (non-hydrogen) atoms. The summed E-state index contributed by atoms with van der Waals surface area (Å²) in [4.78, 5) is 43.4. The van der Waals surface area contributed by atoms with E-state index in [4.69, 9.17) is 0 Å². The molecule has 10 heteroatoms. The number of carbonyl (C=O) groups excluding carboxylic acids is 3. The van der Waals surface area contributed by atoms with Gasteiger partial charge in [0.25, 0.3) is 5.91 Å². The van der Waals surface area contributed by atoms with Crippen LogP contribution in [0.5, 0.6) is 0 Å². The molecular formula is C28H27F2N5O3. The Morgan fingerprint density at radius 1 is 0.974 bits per heavy atom. The van der Waals surface area contributed by atoms with Gasteiger partial charge in [-0.05, 0) is 17.2 Å². The molecule has 2 fully saturated rings. The van der Waals surface area contributed by atoms with Crippen LogP contribution in [0.1, 0.15) is 22.7 Å². The number of carbonyl (C=O) groups is 3. The van der Waals surface area contributed by atoms with Crippen molar-refractivity contribution < 1.29 is 23.2 Å². The van der Waals surface area contributed by atoms with Gasteiger partial charge in [-0.15, -0.1) is 0 Å². The highest BCUT2D eigenvalue weighted by Gasteiger charge is 2.51. The third kappa shape index (κ3) is 4.95. The Balaban J connectivity index is 1.49. The molecule has 2 heterocycles. The van der Waals surface area contributed by atoms with E-state index in [-0.39, 0.29) is 37.6 Å². The summed E-state index contributed by atoms with van der Waals surface area (Å²) < 4.78 is 28.1. The number of amides is 4. The van der Waals surface area contributed by atoms with Gasteiger partial charge in [-0.25, -0.2) is 23.6 Å². The van der Waals surface area contributed by atoms with Gasteiger partial charge in [0.05, 0.1) is 13.1 Å². The fourth-order valence-electron chi connectivity index (χ4n) is 5.01. The van der Waals surface area contributed by atoms with Crippen LogP contribution >= 0.6 is 0 Å². The molecule has 3 aromatic rings. The summed E-state index contributed by atoms with van der Waals surface area (Å²) in [6.45, 7) is -0.0154. The number of halogens is 2. The first-order valence-corrected chi connectivity index (χ1v) is 12.2. The van der Waals surface area contributed by atoms with Gasteiger partial charge in [0.2, 0.25) is 5.91 Å². The van der Waals surface area contributed by atoms with Gasteiger partial charge in [0.15, 0.2) is 0 Å². The van der Waals surface area contributed by atoms with Crippen LogP contribution < -0.4 is 5.32 Å². The molecule has 0 spiro atoms. The predicted octanol–water partition coefficient (Wildman–Crippen LogP) is 3.28. The molecule has 196 valence electrons. The number of likely N-dealkylation sites (N-methyl/N-ethyl adjacent to an activating group) is 1. The maximum atomic E-state index is 14.6. The Labute approximate surface area is 219 Å². The largest absolute Gasteiger partial charge is 0.334 e. The first kappa shape index (κ1) is 25.3. The molecule has 5 rings (SSSR count). The van der Waals surface area contributed by atoms with Crippen molar-refractivity contribution in [2.45, 2.75) is 25.3 Å². The van der Waals surface area contributed by atoms with E-state index in [9.17, 15) is 23.2 Å². The molecule has 0 aliphatic carbocycles. The van der Waals surface area contributed by atoms with Crippen LogP contribution in [0.3, 0.4) is 0 Å². The standard InChI is InChI=1S/C28H27F2N5O3/c1-32-18-25(36)34-24(35(32)28(38)31-15-19-8-4-2-5-9-19)17-33(16-21-12-13-22(29)14-23(21)30)27(37)26(34)20-10-6-3-7-11-20/h2-14,24,26H,15-18H2,1H3,(H,31,38)/t24-,26-/m0/s1. The van der Waals surface area contributed by atoms with E-state index in [2.05, 4.69) is 5.32 Å². The number of urea groups is 1. The Kier molecular flexibility index (Phi) is 7.06. The van der Waals surface area contributed by atoms with E-state index >= 15 is 0 Å². The van der Waals surface area contributed by atoms with E-state index in [1.807, 2.05) is 30.3 Å². The highest BCUT2D eigenvalue weighted by atomic mass is 19.1. The molecule has 8 nitrogen and oxygen atoms in total. The van der Waals surface area contributed by atoms with Gasteiger partial charge >= 0.3 is 6.03 Å². The monoisotopic (exact) mass is 519 g/mol. The Morgan fingerprint density at radius 3 is 2.34 bits per heavy atom. The number of nitrogens with one attached hydrogen (secondary N) is 1. The Bertz CT molecular complexity index is 1340. The Morgan fingerprint density at radius 2 is 1.66 bits per heavy atom. The van der Waals surface area contributed by atoms with Gasteiger partial charge in [0.1, 0.15) is 23.8 Å². The average Bonchev–Trinajstić information content (AvgIpc) is 2.91. The van der Waals surface area contributed by atoms with Crippen molar-refractivity contribution in [3.63, 3.8) is 0 Å². The normalized spacial score (nSPS) is 19.9. The fourth-order valence-corrected chi connectivity index (χ4v) is 5.01. The lowest BCUT2D eigenvalue weighted by Crippen LogP contribution is -2.73. The summed E-state index contributed by atoms with van der Waals surface area (Å²) in [7, 11) is 1.63. The first-order valence-electron chi connectivity index (χ1n) is 12.2. The summed E-state index contributed by atoms with van der Waals surface area (Å²) in [5, 5.41) is 5.85. The van der Waals surface area contributed by atoms with Crippen LogP contribution in [0.2, 0.25) is 0 Å². The summed E-state index contributed by atoms with van der Waals surface area (Å²) in [5.41, 5.74) is 1.62. The highest BCUT2D eigenvalue weighted by Crippen LogP contribution is 2.35. The van der Waals surface area contributed by atoms with Crippen molar-refractivity contribution in [2.75, 3.05) is 20.1 Å². The van der Waals surface area contributed by atoms with Crippen molar-refractivity contribution in [1.29, 1.82) is 0 Å². The summed E-state index contributed by atoms with van der Waals surface area (Å²) >= 11 is 0. The minimum atomic E-state index is -1.01. The van der Waals surface area contributed by atoms with Crippen LogP contribution in [0.15, 0.2) is 78.9 Å². The van der Waals surface area contributed by atoms with Crippen LogP contribution in [-0.2, 0) is 22.7 Å². The molecule has 0 bridgehead atoms. The third-order valence-electron chi connectivity index (χ3n) is 6.82. The van der Waals surface area contributed by atoms with Gasteiger partial charge in [-0.1, -0.05) is 66.7 Å². The van der Waals surface area contributed by atoms with Crippen molar-refractivity contribution in [3.05, 3.63) is 107 Å². The molecule has 4 amide bonds. The molecule has 0 aromatic heterocycles. The molecule has 0 radical (unpaired) electrons. The minimum Gasteiger partial charge on any atom is -0.333 e. The zero-order chi connectivity index (χ0) is 26.8. The van der Waals surface area contributed by atoms with Gasteiger partial charge in [-0.2, -0.15) is 0 Å². The lowest BCUT2D eigenvalue weighted by molar-refractivity contribution is -0.188. The van der Waals surface area contributed by atoms with Gasteiger partial charge in [0, 0.05) is 31.8 Å². The van der Waals surface area contributed by atoms with E-state index in [0.29, 0.717) is 5.56 Å². The third-order valence-corrected chi connectivity index (χ3v) is 6.82. The molecule has 2 aliphatic heterocycles. The van der Waals surface area contributed by atoms with Crippen LogP contribution in [0.4, 0.5) is 13.6 Å². The van der Waals surface area contributed by atoms with Crippen molar-refractivity contribution in [3.8, 4) is 0 Å². The first-order chi connectivity index (χ1) is 18.3. The Hall–Kier alpha value is -4.31. The second-order valence-electron chi connectivity index (χ2n) is 9.35. The second-order valence-corrected chi connectivity index (χ2v) is 9.35. The highest BCUT2D eigenvalue weighted by molar-refractivity contribution is 5.92.